The van der Waals surface area contributed by atoms with Crippen molar-refractivity contribution < 1.29 is 10.2 Å². The van der Waals surface area contributed by atoms with E-state index in [1.165, 1.54) is 38.5 Å². The minimum Gasteiger partial charge on any atom is -0.390 e. The molecule has 5 heteroatoms. The second-order valence-corrected chi connectivity index (χ2v) is 12.7. The van der Waals surface area contributed by atoms with Crippen LogP contribution in [0.2, 0.25) is 0 Å². The summed E-state index contributed by atoms with van der Waals surface area (Å²) >= 11 is 0. The van der Waals surface area contributed by atoms with Gasteiger partial charge in [-0.05, 0) is 112 Å². The quantitative estimate of drug-likeness (QED) is 0.633. The van der Waals surface area contributed by atoms with Crippen molar-refractivity contribution in [3.05, 3.63) is 18.0 Å². The van der Waals surface area contributed by atoms with Gasteiger partial charge < -0.3 is 10.2 Å². The van der Waals surface area contributed by atoms with Crippen molar-refractivity contribution in [2.45, 2.75) is 109 Å². The molecule has 0 bridgehead atoms. The number of hydrogen-bond donors (Lipinski definition) is 2. The molecule has 2 N–H and O–H groups in total. The van der Waals surface area contributed by atoms with E-state index >= 15 is 0 Å². The summed E-state index contributed by atoms with van der Waals surface area (Å²) in [6, 6.07) is 2.14. The third-order valence-corrected chi connectivity index (χ3v) is 10.8. The molecule has 5 nitrogen and oxygen atoms in total. The van der Waals surface area contributed by atoms with Crippen LogP contribution in [-0.2, 0) is 6.54 Å². The summed E-state index contributed by atoms with van der Waals surface area (Å²) in [5.74, 6) is 4.11. The fourth-order valence-electron chi connectivity index (χ4n) is 9.62. The number of aromatic nitrogens is 2. The van der Waals surface area contributed by atoms with Crippen LogP contribution in [0.5, 0.6) is 0 Å². The Morgan fingerprint density at radius 2 is 1.94 bits per heavy atom. The predicted molar refractivity (Wildman–Crippen MR) is 128 cm³/mol. The van der Waals surface area contributed by atoms with E-state index in [4.69, 9.17) is 5.26 Å². The zero-order valence-corrected chi connectivity index (χ0v) is 20.8. The normalized spacial score (nSPS) is 44.2. The van der Waals surface area contributed by atoms with Crippen molar-refractivity contribution in [1.29, 1.82) is 5.26 Å². The molecule has 4 fully saturated rings. The van der Waals surface area contributed by atoms with Crippen LogP contribution in [0, 0.1) is 52.3 Å². The third-order valence-electron chi connectivity index (χ3n) is 10.8. The van der Waals surface area contributed by atoms with Gasteiger partial charge >= 0.3 is 0 Å². The Morgan fingerprint density at radius 1 is 1.15 bits per heavy atom. The fourth-order valence-corrected chi connectivity index (χ4v) is 9.62. The van der Waals surface area contributed by atoms with Gasteiger partial charge in [-0.25, -0.2) is 0 Å². The van der Waals surface area contributed by atoms with E-state index < -0.39 is 11.2 Å². The second-order valence-electron chi connectivity index (χ2n) is 12.7. The average Bonchev–Trinajstić information content (AvgIpc) is 3.36. The standard InChI is InChI=1S/C28H43N3O2/c1-4-11-28(33)13-10-21-20(14-28)5-6-23-22(21)9-12-26(2)24(23)7-8-25(26)27(3,32)18-31-17-19(15-29)16-30-31/h16-17,20-25,32-33H,4-14,18H2,1-3H3/t20-,21-,22+,23+,24-,25-,26-,27+,28+/m0/s1. The molecular weight excluding hydrogens is 410 g/mol. The Hall–Kier alpha value is -1.38. The van der Waals surface area contributed by atoms with E-state index in [-0.39, 0.29) is 11.3 Å². The molecule has 0 aromatic carbocycles. The van der Waals surface area contributed by atoms with Crippen LogP contribution in [0.25, 0.3) is 0 Å². The lowest BCUT2D eigenvalue weighted by molar-refractivity contribution is -0.130. The summed E-state index contributed by atoms with van der Waals surface area (Å²) in [6.45, 7) is 7.12. The summed E-state index contributed by atoms with van der Waals surface area (Å²) in [5, 5.41) is 36.2. The van der Waals surface area contributed by atoms with Gasteiger partial charge in [-0.1, -0.05) is 20.3 Å². The molecule has 1 aromatic rings. The van der Waals surface area contributed by atoms with Crippen molar-refractivity contribution in [2.75, 3.05) is 0 Å². The zero-order chi connectivity index (χ0) is 23.4. The largest absolute Gasteiger partial charge is 0.390 e. The van der Waals surface area contributed by atoms with E-state index in [1.807, 2.05) is 6.92 Å². The number of rotatable bonds is 5. The fraction of sp³-hybridized carbons (Fsp3) is 0.857. The lowest BCUT2D eigenvalue weighted by Gasteiger charge is -2.58. The molecule has 4 saturated carbocycles. The highest BCUT2D eigenvalue weighted by molar-refractivity contribution is 5.21. The zero-order valence-electron chi connectivity index (χ0n) is 20.8. The smallest absolute Gasteiger partial charge is 0.102 e. The molecular formula is C28H43N3O2. The number of aliphatic hydroxyl groups is 2. The Bertz CT molecular complexity index is 903. The van der Waals surface area contributed by atoms with Crippen LogP contribution in [0.3, 0.4) is 0 Å². The highest BCUT2D eigenvalue weighted by Gasteiger charge is 2.60. The topological polar surface area (TPSA) is 82.1 Å². The van der Waals surface area contributed by atoms with Gasteiger partial charge in [-0.2, -0.15) is 10.4 Å². The molecule has 182 valence electrons. The minimum absolute atomic E-state index is 0.181. The Morgan fingerprint density at radius 3 is 2.67 bits per heavy atom. The van der Waals surface area contributed by atoms with Crippen LogP contribution in [-0.4, -0.2) is 31.2 Å². The van der Waals surface area contributed by atoms with Crippen molar-refractivity contribution >= 4 is 0 Å². The van der Waals surface area contributed by atoms with Crippen molar-refractivity contribution in [1.82, 2.24) is 9.78 Å². The van der Waals surface area contributed by atoms with Gasteiger partial charge in [0.15, 0.2) is 0 Å². The molecule has 0 amide bonds. The third kappa shape index (κ3) is 3.96. The van der Waals surface area contributed by atoms with Crippen molar-refractivity contribution in [2.24, 2.45) is 40.9 Å². The summed E-state index contributed by atoms with van der Waals surface area (Å²) in [5.41, 5.74) is -0.494. The molecule has 9 atom stereocenters. The first kappa shape index (κ1) is 23.4. The monoisotopic (exact) mass is 453 g/mol. The molecule has 0 spiro atoms. The maximum absolute atomic E-state index is 11.7. The first-order chi connectivity index (χ1) is 15.7. The van der Waals surface area contributed by atoms with Gasteiger partial charge in [0, 0.05) is 6.20 Å². The Kier molecular flexibility index (Phi) is 5.93. The molecule has 33 heavy (non-hydrogen) atoms. The first-order valence-corrected chi connectivity index (χ1v) is 13.6. The first-order valence-electron chi connectivity index (χ1n) is 13.6. The van der Waals surface area contributed by atoms with Gasteiger partial charge in [-0.3, -0.25) is 4.68 Å². The highest BCUT2D eigenvalue weighted by atomic mass is 16.3. The summed E-state index contributed by atoms with van der Waals surface area (Å²) in [7, 11) is 0. The van der Waals surface area contributed by atoms with Crippen LogP contribution in [0.15, 0.2) is 12.4 Å². The minimum atomic E-state index is -0.826. The average molecular weight is 454 g/mol. The molecule has 4 aliphatic rings. The van der Waals surface area contributed by atoms with E-state index in [0.29, 0.717) is 18.0 Å². The van der Waals surface area contributed by atoms with Crippen LogP contribution < -0.4 is 0 Å². The number of fused-ring (bicyclic) bond motifs is 5. The number of nitriles is 1. The molecule has 4 aliphatic carbocycles. The van der Waals surface area contributed by atoms with Crippen LogP contribution >= 0.6 is 0 Å². The lowest BCUT2D eigenvalue weighted by Crippen LogP contribution is -2.53. The summed E-state index contributed by atoms with van der Waals surface area (Å²) in [6.07, 6.45) is 16.1. The summed E-state index contributed by atoms with van der Waals surface area (Å²) < 4.78 is 1.76. The van der Waals surface area contributed by atoms with Gasteiger partial charge in [-0.15, -0.1) is 0 Å². The van der Waals surface area contributed by atoms with Crippen molar-refractivity contribution in [3.8, 4) is 6.07 Å². The number of nitrogens with zero attached hydrogens (tertiary/aromatic N) is 3. The number of hydrogen-bond acceptors (Lipinski definition) is 4. The maximum Gasteiger partial charge on any atom is 0.102 e. The Labute approximate surface area is 199 Å². The van der Waals surface area contributed by atoms with E-state index in [0.717, 1.165) is 55.8 Å². The molecule has 1 aromatic heterocycles. The molecule has 1 heterocycles. The molecule has 0 aliphatic heterocycles. The molecule has 5 rings (SSSR count). The maximum atomic E-state index is 11.7. The predicted octanol–water partition coefficient (Wildman–Crippen LogP) is 5.31. The molecule has 0 unspecified atom stereocenters. The van der Waals surface area contributed by atoms with Gasteiger partial charge in [0.1, 0.15) is 6.07 Å². The van der Waals surface area contributed by atoms with Crippen LogP contribution in [0.1, 0.15) is 97.0 Å². The summed E-state index contributed by atoms with van der Waals surface area (Å²) in [4.78, 5) is 0. The highest BCUT2D eigenvalue weighted by Crippen LogP contribution is 2.66. The molecule has 0 saturated heterocycles. The van der Waals surface area contributed by atoms with E-state index in [1.54, 1.807) is 17.1 Å². The van der Waals surface area contributed by atoms with E-state index in [2.05, 4.69) is 25.0 Å². The lowest BCUT2D eigenvalue weighted by atomic mass is 9.48. The SMILES string of the molecule is CCC[C@@]1(O)CC[C@H]2[C@@H](CC[C@@H]3[C@@H]2CC[C@@]2(C)[C@H]3CC[C@@H]2[C@](C)(O)Cn2cc(C#N)cn2)C1. The molecule has 0 radical (unpaired) electrons. The van der Waals surface area contributed by atoms with Gasteiger partial charge in [0.2, 0.25) is 0 Å². The van der Waals surface area contributed by atoms with Gasteiger partial charge in [0.25, 0.3) is 0 Å². The van der Waals surface area contributed by atoms with Crippen molar-refractivity contribution in [3.63, 3.8) is 0 Å². The second kappa shape index (κ2) is 8.38. The Balaban J connectivity index is 1.31. The van der Waals surface area contributed by atoms with Crippen LogP contribution in [0.4, 0.5) is 0 Å². The van der Waals surface area contributed by atoms with E-state index in [9.17, 15) is 10.2 Å². The van der Waals surface area contributed by atoms with Gasteiger partial charge in [0.05, 0.1) is 29.5 Å².